The summed E-state index contributed by atoms with van der Waals surface area (Å²) in [5.41, 5.74) is 1.91. The zero-order valence-electron chi connectivity index (χ0n) is 9.80. The molecule has 0 fully saturated rings. The summed E-state index contributed by atoms with van der Waals surface area (Å²) in [6, 6.07) is 13.6. The molecule has 3 rings (SSSR count). The van der Waals surface area contributed by atoms with Gasteiger partial charge >= 0.3 is 0 Å². The third-order valence-corrected chi connectivity index (χ3v) is 3.13. The fraction of sp³-hybridized carbons (Fsp3) is 0.0714. The molecule has 0 spiro atoms. The Hall–Kier alpha value is -2.00. The molecule has 0 N–H and O–H groups in total. The monoisotopic (exact) mass is 258 g/mol. The molecule has 0 aliphatic rings. The second-order valence-corrected chi connectivity index (χ2v) is 4.27. The largest absolute Gasteiger partial charge is 0.497 e. The molecular formula is C14H11ClN2O. The molecule has 0 saturated carbocycles. The van der Waals surface area contributed by atoms with Crippen LogP contribution in [0.2, 0.25) is 5.15 Å². The van der Waals surface area contributed by atoms with Crippen molar-refractivity contribution in [2.45, 2.75) is 0 Å². The smallest absolute Gasteiger partial charge is 0.155 e. The van der Waals surface area contributed by atoms with Gasteiger partial charge in [0.15, 0.2) is 5.15 Å². The molecule has 0 amide bonds. The molecule has 0 aliphatic carbocycles. The van der Waals surface area contributed by atoms with Crippen LogP contribution < -0.4 is 4.74 Å². The third-order valence-electron chi connectivity index (χ3n) is 2.85. The molecule has 0 atom stereocenters. The molecule has 18 heavy (non-hydrogen) atoms. The first-order chi connectivity index (χ1) is 8.79. The number of methoxy groups -OCH3 is 1. The number of hydrogen-bond acceptors (Lipinski definition) is 2. The Morgan fingerprint density at radius 3 is 2.61 bits per heavy atom. The molecule has 3 nitrogen and oxygen atoms in total. The lowest BCUT2D eigenvalue weighted by Gasteiger charge is -2.02. The normalized spacial score (nSPS) is 10.8. The van der Waals surface area contributed by atoms with E-state index in [0.29, 0.717) is 5.15 Å². The fourth-order valence-electron chi connectivity index (χ4n) is 1.94. The number of imidazole rings is 1. The van der Waals surface area contributed by atoms with E-state index in [-0.39, 0.29) is 0 Å². The van der Waals surface area contributed by atoms with E-state index < -0.39 is 0 Å². The molecule has 90 valence electrons. The highest BCUT2D eigenvalue weighted by molar-refractivity contribution is 6.32. The van der Waals surface area contributed by atoms with Gasteiger partial charge in [-0.25, -0.2) is 4.98 Å². The summed E-state index contributed by atoms with van der Waals surface area (Å²) in [4.78, 5) is 4.40. The van der Waals surface area contributed by atoms with Gasteiger partial charge in [0.05, 0.1) is 12.6 Å². The first-order valence-corrected chi connectivity index (χ1v) is 5.94. The summed E-state index contributed by atoms with van der Waals surface area (Å²) in [5.74, 6) is 1.66. The van der Waals surface area contributed by atoms with E-state index in [4.69, 9.17) is 16.3 Å². The van der Waals surface area contributed by atoms with E-state index in [1.54, 1.807) is 7.11 Å². The molecule has 0 saturated heterocycles. The minimum atomic E-state index is 0.515. The second kappa shape index (κ2) is 4.35. The van der Waals surface area contributed by atoms with Crippen LogP contribution in [-0.4, -0.2) is 16.5 Å². The van der Waals surface area contributed by atoms with Crippen molar-refractivity contribution in [2.24, 2.45) is 0 Å². The van der Waals surface area contributed by atoms with Gasteiger partial charge in [0, 0.05) is 11.8 Å². The van der Waals surface area contributed by atoms with Crippen LogP contribution in [0.5, 0.6) is 5.75 Å². The molecular weight excluding hydrogens is 248 g/mol. The van der Waals surface area contributed by atoms with Gasteiger partial charge in [-0.3, -0.25) is 4.40 Å². The number of pyridine rings is 1. The molecule has 0 unspecified atom stereocenters. The maximum absolute atomic E-state index is 6.13. The minimum absolute atomic E-state index is 0.515. The van der Waals surface area contributed by atoms with Crippen LogP contribution >= 0.6 is 11.6 Å². The van der Waals surface area contributed by atoms with Crippen LogP contribution in [0.15, 0.2) is 48.7 Å². The number of halogens is 1. The molecule has 1 aromatic carbocycles. The molecule has 2 heterocycles. The van der Waals surface area contributed by atoms with Crippen LogP contribution in [0.4, 0.5) is 0 Å². The Kier molecular flexibility index (Phi) is 2.68. The van der Waals surface area contributed by atoms with Crippen molar-refractivity contribution in [2.75, 3.05) is 7.11 Å². The number of rotatable bonds is 2. The van der Waals surface area contributed by atoms with Crippen molar-refractivity contribution in [1.29, 1.82) is 0 Å². The van der Waals surface area contributed by atoms with Crippen LogP contribution in [0.25, 0.3) is 16.9 Å². The Labute approximate surface area is 110 Å². The lowest BCUT2D eigenvalue weighted by atomic mass is 10.2. The van der Waals surface area contributed by atoms with Gasteiger partial charge in [0.2, 0.25) is 0 Å². The summed E-state index contributed by atoms with van der Waals surface area (Å²) < 4.78 is 7.12. The molecule has 0 bridgehead atoms. The van der Waals surface area contributed by atoms with Gasteiger partial charge in [-0.15, -0.1) is 0 Å². The van der Waals surface area contributed by atoms with E-state index in [2.05, 4.69) is 4.98 Å². The second-order valence-electron chi connectivity index (χ2n) is 3.91. The lowest BCUT2D eigenvalue weighted by molar-refractivity contribution is 0.415. The zero-order valence-corrected chi connectivity index (χ0v) is 10.6. The van der Waals surface area contributed by atoms with Crippen molar-refractivity contribution >= 4 is 17.1 Å². The Morgan fingerprint density at radius 1 is 1.11 bits per heavy atom. The van der Waals surface area contributed by atoms with Gasteiger partial charge in [-0.1, -0.05) is 17.7 Å². The van der Waals surface area contributed by atoms with Gasteiger partial charge < -0.3 is 4.74 Å². The van der Waals surface area contributed by atoms with Crippen LogP contribution in [0.1, 0.15) is 0 Å². The van der Waals surface area contributed by atoms with Crippen molar-refractivity contribution in [3.05, 3.63) is 53.8 Å². The van der Waals surface area contributed by atoms with Gasteiger partial charge in [0.1, 0.15) is 11.6 Å². The summed E-state index contributed by atoms with van der Waals surface area (Å²) in [6.45, 7) is 0. The number of ether oxygens (including phenoxy) is 1. The maximum atomic E-state index is 6.13. The number of nitrogens with zero attached hydrogens (tertiary/aromatic N) is 2. The summed E-state index contributed by atoms with van der Waals surface area (Å²) in [7, 11) is 1.65. The summed E-state index contributed by atoms with van der Waals surface area (Å²) in [6.07, 6.45) is 1.95. The first kappa shape index (κ1) is 11.1. The number of aromatic nitrogens is 2. The van der Waals surface area contributed by atoms with Crippen molar-refractivity contribution in [3.63, 3.8) is 0 Å². The molecule has 3 aromatic rings. The lowest BCUT2D eigenvalue weighted by Crippen LogP contribution is -1.89. The highest BCUT2D eigenvalue weighted by Gasteiger charge is 2.10. The topological polar surface area (TPSA) is 26.5 Å². The highest BCUT2D eigenvalue weighted by Crippen LogP contribution is 2.26. The highest BCUT2D eigenvalue weighted by atomic mass is 35.5. The predicted molar refractivity (Wildman–Crippen MR) is 72.2 cm³/mol. The average Bonchev–Trinajstić information content (AvgIpc) is 2.77. The van der Waals surface area contributed by atoms with E-state index in [1.807, 2.05) is 53.1 Å². The first-order valence-electron chi connectivity index (χ1n) is 5.56. The SMILES string of the molecule is COc1ccc(-c2nc(Cl)c3ccccn23)cc1. The predicted octanol–water partition coefficient (Wildman–Crippen LogP) is 3.66. The van der Waals surface area contributed by atoms with E-state index >= 15 is 0 Å². The zero-order chi connectivity index (χ0) is 12.5. The van der Waals surface area contributed by atoms with Gasteiger partial charge in [-0.2, -0.15) is 0 Å². The maximum Gasteiger partial charge on any atom is 0.155 e. The molecule has 0 aliphatic heterocycles. The van der Waals surface area contributed by atoms with Crippen molar-refractivity contribution in [3.8, 4) is 17.1 Å². The molecule has 0 radical (unpaired) electrons. The molecule has 2 aromatic heterocycles. The fourth-order valence-corrected chi connectivity index (χ4v) is 2.18. The Balaban J connectivity index is 2.18. The van der Waals surface area contributed by atoms with E-state index in [0.717, 1.165) is 22.7 Å². The number of benzene rings is 1. The molecule has 4 heteroatoms. The van der Waals surface area contributed by atoms with Crippen LogP contribution in [-0.2, 0) is 0 Å². The third kappa shape index (κ3) is 1.73. The van der Waals surface area contributed by atoms with E-state index in [9.17, 15) is 0 Å². The average molecular weight is 259 g/mol. The van der Waals surface area contributed by atoms with Crippen molar-refractivity contribution < 1.29 is 4.74 Å². The summed E-state index contributed by atoms with van der Waals surface area (Å²) >= 11 is 6.13. The summed E-state index contributed by atoms with van der Waals surface area (Å²) in [5, 5.41) is 0.515. The standard InChI is InChI=1S/C14H11ClN2O/c1-18-11-7-5-10(6-8-11)14-16-13(15)12-4-2-3-9-17(12)14/h2-9H,1H3. The van der Waals surface area contributed by atoms with Crippen LogP contribution in [0.3, 0.4) is 0 Å². The quantitative estimate of drug-likeness (QED) is 0.701. The van der Waals surface area contributed by atoms with Crippen LogP contribution in [0, 0.1) is 0 Å². The number of fused-ring (bicyclic) bond motifs is 1. The van der Waals surface area contributed by atoms with Gasteiger partial charge in [-0.05, 0) is 36.4 Å². The number of hydrogen-bond donors (Lipinski definition) is 0. The Morgan fingerprint density at radius 2 is 1.89 bits per heavy atom. The minimum Gasteiger partial charge on any atom is -0.497 e. The van der Waals surface area contributed by atoms with Gasteiger partial charge in [0.25, 0.3) is 0 Å². The van der Waals surface area contributed by atoms with Crippen molar-refractivity contribution in [1.82, 2.24) is 9.38 Å². The van der Waals surface area contributed by atoms with E-state index in [1.165, 1.54) is 0 Å². The Bertz CT molecular complexity index is 689.